The fraction of sp³-hybridized carbons (Fsp3) is 0.250. The van der Waals surface area contributed by atoms with Crippen LogP contribution in [0.1, 0.15) is 34.1 Å². The molecule has 0 bridgehead atoms. The average molecular weight is 601 g/mol. The summed E-state index contributed by atoms with van der Waals surface area (Å²) in [4.78, 5) is 38.7. The first-order chi connectivity index (χ1) is 20.7. The first kappa shape index (κ1) is 29.7. The highest BCUT2D eigenvalue weighted by atomic mass is 32.2. The molecule has 0 spiro atoms. The van der Waals surface area contributed by atoms with E-state index in [9.17, 15) is 14.7 Å². The molecule has 5 rings (SSSR count). The van der Waals surface area contributed by atoms with Gasteiger partial charge in [0.2, 0.25) is 12.7 Å². The number of methoxy groups -OCH3 is 1. The summed E-state index contributed by atoms with van der Waals surface area (Å²) in [7, 11) is 1.43. The van der Waals surface area contributed by atoms with E-state index in [1.807, 2.05) is 51.1 Å². The monoisotopic (exact) mass is 600 g/mol. The molecule has 0 radical (unpaired) electrons. The SMILES string of the molecule is COc1cc([C@@H](C(=O)Nc2ccc3c(c2)OCO3)N(Cc2ccccc2C)C(=O)CSc2nc(C)cc(C)n2)ccc1O. The largest absolute Gasteiger partial charge is 0.504 e. The van der Waals surface area contributed by atoms with E-state index in [0.717, 1.165) is 22.5 Å². The number of rotatable bonds is 10. The van der Waals surface area contributed by atoms with Crippen molar-refractivity contribution in [1.82, 2.24) is 14.9 Å². The van der Waals surface area contributed by atoms with E-state index < -0.39 is 11.9 Å². The Labute approximate surface area is 254 Å². The van der Waals surface area contributed by atoms with E-state index in [0.29, 0.717) is 27.9 Å². The molecule has 2 heterocycles. The van der Waals surface area contributed by atoms with Crippen molar-refractivity contribution in [2.75, 3.05) is 25.0 Å². The summed E-state index contributed by atoms with van der Waals surface area (Å²) in [6.07, 6.45) is 0. The molecule has 3 aromatic carbocycles. The molecule has 43 heavy (non-hydrogen) atoms. The second-order valence-corrected chi connectivity index (χ2v) is 11.0. The van der Waals surface area contributed by atoms with Crippen LogP contribution in [0.2, 0.25) is 0 Å². The van der Waals surface area contributed by atoms with Crippen LogP contribution in [0.15, 0.2) is 71.9 Å². The number of anilines is 1. The third-order valence-corrected chi connectivity index (χ3v) is 7.76. The second-order valence-electron chi connectivity index (χ2n) is 10.1. The predicted octanol–water partition coefficient (Wildman–Crippen LogP) is 5.35. The molecule has 1 aliphatic rings. The molecule has 0 aliphatic carbocycles. The summed E-state index contributed by atoms with van der Waals surface area (Å²) >= 11 is 1.21. The highest BCUT2D eigenvalue weighted by molar-refractivity contribution is 7.99. The topological polar surface area (TPSA) is 123 Å². The number of nitrogens with one attached hydrogen (secondary N) is 1. The van der Waals surface area contributed by atoms with Crippen LogP contribution in [0.4, 0.5) is 5.69 Å². The standard InChI is InChI=1S/C32H32N4O6S/c1-19-7-5-6-8-23(19)16-36(29(38)17-43-32-33-20(2)13-21(3)34-32)30(22-9-11-25(37)27(14-22)40-4)31(39)35-24-10-12-26-28(15-24)42-18-41-26/h5-15,30,37H,16-18H2,1-4H3,(H,35,39)/t30-/m0/s1. The number of benzene rings is 3. The number of carbonyl (C=O) groups excluding carboxylic acids is 2. The molecule has 0 saturated heterocycles. The lowest BCUT2D eigenvalue weighted by Crippen LogP contribution is -2.42. The third kappa shape index (κ3) is 7.00. The van der Waals surface area contributed by atoms with Gasteiger partial charge in [-0.1, -0.05) is 42.1 Å². The van der Waals surface area contributed by atoms with Crippen LogP contribution in [0.3, 0.4) is 0 Å². The summed E-state index contributed by atoms with van der Waals surface area (Å²) in [5.41, 5.74) is 4.40. The number of aromatic nitrogens is 2. The number of aryl methyl sites for hydroxylation is 3. The lowest BCUT2D eigenvalue weighted by molar-refractivity contribution is -0.137. The summed E-state index contributed by atoms with van der Waals surface area (Å²) in [6.45, 7) is 5.96. The Hall–Kier alpha value is -4.77. The highest BCUT2D eigenvalue weighted by Gasteiger charge is 2.33. The van der Waals surface area contributed by atoms with Crippen LogP contribution in [0.5, 0.6) is 23.0 Å². The van der Waals surface area contributed by atoms with E-state index in [1.165, 1.54) is 29.8 Å². The fourth-order valence-corrected chi connectivity index (χ4v) is 5.62. The number of amides is 2. The number of ether oxygens (including phenoxy) is 3. The molecule has 1 atom stereocenters. The number of phenolic OH excluding ortho intramolecular Hbond substituents is 1. The van der Waals surface area contributed by atoms with Gasteiger partial charge in [-0.3, -0.25) is 9.59 Å². The van der Waals surface area contributed by atoms with Crippen LogP contribution >= 0.6 is 11.8 Å². The van der Waals surface area contributed by atoms with Gasteiger partial charge in [0, 0.05) is 29.7 Å². The van der Waals surface area contributed by atoms with Crippen molar-refractivity contribution >= 4 is 29.3 Å². The van der Waals surface area contributed by atoms with Gasteiger partial charge in [0.15, 0.2) is 28.2 Å². The normalized spacial score (nSPS) is 12.5. The summed E-state index contributed by atoms with van der Waals surface area (Å²) in [6, 6.07) is 18.2. The molecule has 1 aromatic heterocycles. The minimum atomic E-state index is -1.09. The minimum absolute atomic E-state index is 0.00219. The zero-order valence-corrected chi connectivity index (χ0v) is 25.1. The Kier molecular flexibility index (Phi) is 9.01. The molecule has 2 N–H and O–H groups in total. The Morgan fingerprint density at radius 3 is 2.49 bits per heavy atom. The highest BCUT2D eigenvalue weighted by Crippen LogP contribution is 2.36. The summed E-state index contributed by atoms with van der Waals surface area (Å²) in [5, 5.41) is 13.7. The molecular weight excluding hydrogens is 568 g/mol. The lowest BCUT2D eigenvalue weighted by atomic mass is 10.0. The van der Waals surface area contributed by atoms with Gasteiger partial charge in [-0.15, -0.1) is 0 Å². The quantitative estimate of drug-likeness (QED) is 0.183. The van der Waals surface area contributed by atoms with Crippen LogP contribution in [-0.2, 0) is 16.1 Å². The zero-order chi connectivity index (χ0) is 30.5. The Morgan fingerprint density at radius 2 is 1.74 bits per heavy atom. The van der Waals surface area contributed by atoms with Gasteiger partial charge in [-0.25, -0.2) is 9.97 Å². The number of phenols is 1. The number of fused-ring (bicyclic) bond motifs is 1. The molecule has 11 heteroatoms. The van der Waals surface area contributed by atoms with E-state index in [-0.39, 0.29) is 36.5 Å². The molecule has 0 fully saturated rings. The average Bonchev–Trinajstić information content (AvgIpc) is 3.45. The molecule has 2 amide bonds. The van der Waals surface area contributed by atoms with E-state index in [1.54, 1.807) is 30.3 Å². The Bertz CT molecular complexity index is 1640. The maximum Gasteiger partial charge on any atom is 0.251 e. The van der Waals surface area contributed by atoms with Crippen molar-refractivity contribution in [2.45, 2.75) is 38.5 Å². The van der Waals surface area contributed by atoms with Gasteiger partial charge >= 0.3 is 0 Å². The van der Waals surface area contributed by atoms with Crippen molar-refractivity contribution in [1.29, 1.82) is 0 Å². The molecular formula is C32H32N4O6S. The van der Waals surface area contributed by atoms with Gasteiger partial charge in [-0.05, 0) is 67.8 Å². The molecule has 222 valence electrons. The maximum atomic E-state index is 14.2. The molecule has 0 saturated carbocycles. The second kappa shape index (κ2) is 13.0. The maximum absolute atomic E-state index is 14.2. The van der Waals surface area contributed by atoms with Crippen LogP contribution in [-0.4, -0.2) is 51.4 Å². The first-order valence-corrected chi connectivity index (χ1v) is 14.6. The third-order valence-electron chi connectivity index (χ3n) is 6.93. The Morgan fingerprint density at radius 1 is 1.00 bits per heavy atom. The van der Waals surface area contributed by atoms with Gasteiger partial charge in [0.05, 0.1) is 12.9 Å². The van der Waals surface area contributed by atoms with Crippen molar-refractivity contribution in [3.63, 3.8) is 0 Å². The number of thioether (sulfide) groups is 1. The smallest absolute Gasteiger partial charge is 0.251 e. The number of carbonyl (C=O) groups is 2. The molecule has 1 aliphatic heterocycles. The molecule has 10 nitrogen and oxygen atoms in total. The number of nitrogens with zero attached hydrogens (tertiary/aromatic N) is 3. The number of aromatic hydroxyl groups is 1. The first-order valence-electron chi connectivity index (χ1n) is 13.6. The zero-order valence-electron chi connectivity index (χ0n) is 24.3. The van der Waals surface area contributed by atoms with Crippen molar-refractivity contribution in [3.05, 3.63) is 94.8 Å². The number of hydrogen-bond acceptors (Lipinski definition) is 9. The molecule has 4 aromatic rings. The molecule has 0 unspecified atom stereocenters. The van der Waals surface area contributed by atoms with Crippen LogP contribution in [0, 0.1) is 20.8 Å². The van der Waals surface area contributed by atoms with E-state index >= 15 is 0 Å². The van der Waals surface area contributed by atoms with Gasteiger partial charge < -0.3 is 29.5 Å². The van der Waals surface area contributed by atoms with Gasteiger partial charge in [0.1, 0.15) is 6.04 Å². The van der Waals surface area contributed by atoms with Crippen LogP contribution in [0.25, 0.3) is 0 Å². The Balaban J connectivity index is 1.53. The van der Waals surface area contributed by atoms with Gasteiger partial charge in [-0.2, -0.15) is 0 Å². The van der Waals surface area contributed by atoms with Crippen molar-refractivity contribution in [2.24, 2.45) is 0 Å². The summed E-state index contributed by atoms with van der Waals surface area (Å²) < 4.78 is 16.2. The fourth-order valence-electron chi connectivity index (χ4n) is 4.78. The predicted molar refractivity (Wildman–Crippen MR) is 163 cm³/mol. The van der Waals surface area contributed by atoms with Crippen LogP contribution < -0.4 is 19.5 Å². The van der Waals surface area contributed by atoms with Crippen molar-refractivity contribution < 1.29 is 28.9 Å². The van der Waals surface area contributed by atoms with E-state index in [4.69, 9.17) is 14.2 Å². The van der Waals surface area contributed by atoms with Crippen molar-refractivity contribution in [3.8, 4) is 23.0 Å². The van der Waals surface area contributed by atoms with E-state index in [2.05, 4.69) is 15.3 Å². The minimum Gasteiger partial charge on any atom is -0.504 e. The van der Waals surface area contributed by atoms with Gasteiger partial charge in [0.25, 0.3) is 5.91 Å². The lowest BCUT2D eigenvalue weighted by Gasteiger charge is -2.32. The summed E-state index contributed by atoms with van der Waals surface area (Å²) in [5.74, 6) is 0.436. The number of hydrogen-bond donors (Lipinski definition) is 2.